The molecule has 2 nitrogen and oxygen atoms in total. The first-order valence-corrected chi connectivity index (χ1v) is 10.8. The third-order valence-corrected chi connectivity index (χ3v) is 6.98. The number of hydrogen-bond acceptors (Lipinski definition) is 2. The van der Waals surface area contributed by atoms with Crippen molar-refractivity contribution in [3.8, 4) is 17.1 Å². The van der Waals surface area contributed by atoms with E-state index >= 15 is 0 Å². The Bertz CT molecular complexity index is 1170. The molecule has 0 atom stereocenters. The van der Waals surface area contributed by atoms with Gasteiger partial charge in [0, 0.05) is 27.5 Å². The van der Waals surface area contributed by atoms with E-state index in [1.165, 1.54) is 54.0 Å². The van der Waals surface area contributed by atoms with Crippen LogP contribution in [0.25, 0.3) is 27.2 Å². The Labute approximate surface area is 171 Å². The van der Waals surface area contributed by atoms with Gasteiger partial charge in [0.1, 0.15) is 5.82 Å². The SMILES string of the molecule is Cc1cc(C)c(-n2ccnc2-c2c(C(C)C)ccc3c(C)c(C)sc23)c(C)c1. The smallest absolute Gasteiger partial charge is 0.146 e. The molecule has 0 N–H and O–H groups in total. The van der Waals surface area contributed by atoms with Crippen molar-refractivity contribution in [3.63, 3.8) is 0 Å². The van der Waals surface area contributed by atoms with Gasteiger partial charge >= 0.3 is 0 Å². The van der Waals surface area contributed by atoms with Gasteiger partial charge in [-0.2, -0.15) is 0 Å². The van der Waals surface area contributed by atoms with E-state index in [0.717, 1.165) is 5.82 Å². The molecule has 0 saturated heterocycles. The summed E-state index contributed by atoms with van der Waals surface area (Å²) >= 11 is 1.90. The minimum Gasteiger partial charge on any atom is -0.299 e. The van der Waals surface area contributed by atoms with Gasteiger partial charge in [-0.25, -0.2) is 4.98 Å². The van der Waals surface area contributed by atoms with Crippen molar-refractivity contribution in [2.24, 2.45) is 0 Å². The monoisotopic (exact) mass is 388 g/mol. The largest absolute Gasteiger partial charge is 0.299 e. The predicted octanol–water partition coefficient (Wildman–Crippen LogP) is 7.42. The van der Waals surface area contributed by atoms with Crippen LogP contribution in [0.3, 0.4) is 0 Å². The average Bonchev–Trinajstić information content (AvgIpc) is 3.18. The number of benzene rings is 2. The highest BCUT2D eigenvalue weighted by Gasteiger charge is 2.21. The molecule has 3 heteroatoms. The molecule has 0 bridgehead atoms. The Morgan fingerprint density at radius 2 is 1.64 bits per heavy atom. The number of imidazole rings is 1. The summed E-state index contributed by atoms with van der Waals surface area (Å²) in [4.78, 5) is 6.26. The average molecular weight is 389 g/mol. The van der Waals surface area contributed by atoms with E-state index in [1.54, 1.807) is 0 Å². The first-order chi connectivity index (χ1) is 13.3. The molecule has 0 aliphatic rings. The molecular formula is C25H28N2S. The number of aromatic nitrogens is 2. The van der Waals surface area contributed by atoms with Crippen molar-refractivity contribution in [1.82, 2.24) is 9.55 Å². The third kappa shape index (κ3) is 2.89. The van der Waals surface area contributed by atoms with Gasteiger partial charge in [0.2, 0.25) is 0 Å². The number of hydrogen-bond donors (Lipinski definition) is 0. The zero-order valence-electron chi connectivity index (χ0n) is 17.8. The van der Waals surface area contributed by atoms with Crippen LogP contribution in [0, 0.1) is 34.6 Å². The highest BCUT2D eigenvalue weighted by molar-refractivity contribution is 7.19. The van der Waals surface area contributed by atoms with Gasteiger partial charge in [0.15, 0.2) is 0 Å². The molecule has 2 heterocycles. The Balaban J connectivity index is 2.08. The quantitative estimate of drug-likeness (QED) is 0.357. The van der Waals surface area contributed by atoms with Crippen LogP contribution >= 0.6 is 11.3 Å². The highest BCUT2D eigenvalue weighted by Crippen LogP contribution is 2.42. The summed E-state index contributed by atoms with van der Waals surface area (Å²) in [7, 11) is 0. The van der Waals surface area contributed by atoms with E-state index in [-0.39, 0.29) is 0 Å². The summed E-state index contributed by atoms with van der Waals surface area (Å²) in [6, 6.07) is 9.11. The summed E-state index contributed by atoms with van der Waals surface area (Å²) in [5.41, 5.74) is 9.16. The molecule has 0 saturated carbocycles. The van der Waals surface area contributed by atoms with Gasteiger partial charge in [-0.05, 0) is 68.2 Å². The van der Waals surface area contributed by atoms with E-state index in [0.29, 0.717) is 5.92 Å². The molecule has 0 unspecified atom stereocenters. The van der Waals surface area contributed by atoms with Gasteiger partial charge in [-0.1, -0.05) is 43.7 Å². The van der Waals surface area contributed by atoms with Crippen LogP contribution in [0.15, 0.2) is 36.7 Å². The van der Waals surface area contributed by atoms with Crippen LogP contribution < -0.4 is 0 Å². The molecule has 2 aromatic heterocycles. The van der Waals surface area contributed by atoms with Gasteiger partial charge in [-0.3, -0.25) is 4.57 Å². The van der Waals surface area contributed by atoms with Crippen molar-refractivity contribution >= 4 is 21.4 Å². The van der Waals surface area contributed by atoms with Crippen LogP contribution in [-0.2, 0) is 0 Å². The van der Waals surface area contributed by atoms with Crippen molar-refractivity contribution in [3.05, 3.63) is 69.4 Å². The zero-order chi connectivity index (χ0) is 20.2. The summed E-state index contributed by atoms with van der Waals surface area (Å²) in [5, 5.41) is 1.36. The molecule has 0 aliphatic carbocycles. The Hall–Kier alpha value is -2.39. The van der Waals surface area contributed by atoms with Gasteiger partial charge < -0.3 is 0 Å². The molecule has 4 rings (SSSR count). The molecule has 0 spiro atoms. The highest BCUT2D eigenvalue weighted by atomic mass is 32.1. The van der Waals surface area contributed by atoms with Crippen molar-refractivity contribution in [2.45, 2.75) is 54.4 Å². The maximum atomic E-state index is 4.87. The van der Waals surface area contributed by atoms with Crippen molar-refractivity contribution < 1.29 is 0 Å². The van der Waals surface area contributed by atoms with Crippen LogP contribution in [0.2, 0.25) is 0 Å². The van der Waals surface area contributed by atoms with Gasteiger partial charge in [-0.15, -0.1) is 11.3 Å². The lowest BCUT2D eigenvalue weighted by Crippen LogP contribution is -2.04. The lowest BCUT2D eigenvalue weighted by Gasteiger charge is -2.18. The molecule has 4 aromatic rings. The number of fused-ring (bicyclic) bond motifs is 1. The van der Waals surface area contributed by atoms with Crippen molar-refractivity contribution in [2.75, 3.05) is 0 Å². The lowest BCUT2D eigenvalue weighted by atomic mass is 9.94. The fourth-order valence-corrected chi connectivity index (χ4v) is 5.56. The Kier molecular flexibility index (Phi) is 4.67. The number of aryl methyl sites for hydroxylation is 5. The van der Waals surface area contributed by atoms with Crippen molar-refractivity contribution in [1.29, 1.82) is 0 Å². The maximum Gasteiger partial charge on any atom is 0.146 e. The van der Waals surface area contributed by atoms with Gasteiger partial charge in [0.25, 0.3) is 0 Å². The maximum absolute atomic E-state index is 4.87. The topological polar surface area (TPSA) is 17.8 Å². The fourth-order valence-electron chi connectivity index (χ4n) is 4.35. The van der Waals surface area contributed by atoms with Crippen LogP contribution in [0.5, 0.6) is 0 Å². The summed E-state index contributed by atoms with van der Waals surface area (Å²) in [5.74, 6) is 1.48. The van der Waals surface area contributed by atoms with E-state index in [1.807, 2.05) is 17.5 Å². The van der Waals surface area contributed by atoms with E-state index < -0.39 is 0 Å². The predicted molar refractivity (Wildman–Crippen MR) is 122 cm³/mol. The first kappa shape index (κ1) is 18.9. The number of rotatable bonds is 3. The standard InChI is InChI=1S/C25H28N2S/c1-14(2)20-8-9-21-18(6)19(7)28-24(21)22(20)25-26-10-11-27(25)23-16(4)12-15(3)13-17(23)5/h8-14H,1-7H3. The van der Waals surface area contributed by atoms with Crippen LogP contribution in [0.1, 0.15) is 52.5 Å². The Morgan fingerprint density at radius 1 is 0.964 bits per heavy atom. The first-order valence-electron chi connectivity index (χ1n) is 9.94. The van der Waals surface area contributed by atoms with E-state index in [9.17, 15) is 0 Å². The molecule has 2 aromatic carbocycles. The fraction of sp³-hybridized carbons (Fsp3) is 0.320. The van der Waals surface area contributed by atoms with Crippen LogP contribution in [-0.4, -0.2) is 9.55 Å². The van der Waals surface area contributed by atoms with E-state index in [4.69, 9.17) is 4.98 Å². The minimum atomic E-state index is 0.437. The zero-order valence-corrected chi connectivity index (χ0v) is 18.7. The minimum absolute atomic E-state index is 0.437. The molecule has 28 heavy (non-hydrogen) atoms. The normalized spacial score (nSPS) is 11.7. The molecule has 0 radical (unpaired) electrons. The molecule has 144 valence electrons. The molecule has 0 fully saturated rings. The molecule has 0 aliphatic heterocycles. The van der Waals surface area contributed by atoms with Crippen LogP contribution in [0.4, 0.5) is 0 Å². The van der Waals surface area contributed by atoms with Gasteiger partial charge in [0.05, 0.1) is 5.69 Å². The second kappa shape index (κ2) is 6.89. The summed E-state index contributed by atoms with van der Waals surface area (Å²) in [6.45, 7) is 15.5. The number of nitrogens with zero attached hydrogens (tertiary/aromatic N) is 2. The second-order valence-electron chi connectivity index (χ2n) is 8.21. The van der Waals surface area contributed by atoms with E-state index in [2.05, 4.69) is 83.5 Å². The lowest BCUT2D eigenvalue weighted by molar-refractivity contribution is 0.867. The molecular weight excluding hydrogens is 360 g/mol. The molecule has 0 amide bonds. The third-order valence-electron chi connectivity index (χ3n) is 5.74. The summed E-state index contributed by atoms with van der Waals surface area (Å²) in [6.07, 6.45) is 4.04. The second-order valence-corrected chi connectivity index (χ2v) is 9.44. The summed E-state index contributed by atoms with van der Waals surface area (Å²) < 4.78 is 3.64. The Morgan fingerprint density at radius 3 is 2.29 bits per heavy atom. The number of thiophene rings is 1.